The summed E-state index contributed by atoms with van der Waals surface area (Å²) in [6.45, 7) is 1.93. The molecule has 0 aliphatic rings. The number of hydrogen-bond acceptors (Lipinski definition) is 6. The third-order valence-corrected chi connectivity index (χ3v) is 4.51. The summed E-state index contributed by atoms with van der Waals surface area (Å²) in [6.07, 6.45) is 0. The number of rotatable bonds is 6. The summed E-state index contributed by atoms with van der Waals surface area (Å²) in [6, 6.07) is 1.18. The van der Waals surface area contributed by atoms with Crippen molar-refractivity contribution in [3.8, 4) is 0 Å². The summed E-state index contributed by atoms with van der Waals surface area (Å²) in [5, 5.41) is 28.6. The lowest BCUT2D eigenvalue weighted by Crippen LogP contribution is -2.40. The van der Waals surface area contributed by atoms with E-state index in [1.54, 1.807) is 6.92 Å². The Hall–Kier alpha value is -1.55. The topological polar surface area (TPSA) is 130 Å². The molecular formula is C11H16N2O6S. The fourth-order valence-electron chi connectivity index (χ4n) is 1.61. The standard InChI is InChI=1S/C11H16N2O6S/c1-7-3-10(13(16)17)4-11(8(7)2)20(18,19)12-9(5-14)6-15/h3-4,9,12,14-15H,5-6H2,1-2H3. The highest BCUT2D eigenvalue weighted by Crippen LogP contribution is 2.25. The van der Waals surface area contributed by atoms with E-state index in [4.69, 9.17) is 10.2 Å². The van der Waals surface area contributed by atoms with Crippen LogP contribution in [0.4, 0.5) is 5.69 Å². The molecule has 0 radical (unpaired) electrons. The van der Waals surface area contributed by atoms with Gasteiger partial charge in [-0.2, -0.15) is 0 Å². The van der Waals surface area contributed by atoms with Gasteiger partial charge in [-0.1, -0.05) is 0 Å². The Kier molecular flexibility index (Phi) is 5.17. The van der Waals surface area contributed by atoms with Gasteiger partial charge in [0, 0.05) is 12.1 Å². The number of aliphatic hydroxyl groups excluding tert-OH is 2. The van der Waals surface area contributed by atoms with Gasteiger partial charge < -0.3 is 10.2 Å². The number of aryl methyl sites for hydroxylation is 1. The molecular weight excluding hydrogens is 288 g/mol. The molecule has 0 aliphatic carbocycles. The summed E-state index contributed by atoms with van der Waals surface area (Å²) < 4.78 is 26.4. The van der Waals surface area contributed by atoms with Crippen molar-refractivity contribution < 1.29 is 23.6 Å². The zero-order valence-corrected chi connectivity index (χ0v) is 11.8. The average molecular weight is 304 g/mol. The Bertz CT molecular complexity index is 610. The van der Waals surface area contributed by atoms with Crippen LogP contribution in [0.3, 0.4) is 0 Å². The third-order valence-electron chi connectivity index (χ3n) is 2.87. The van der Waals surface area contributed by atoms with E-state index in [2.05, 4.69) is 4.72 Å². The van der Waals surface area contributed by atoms with E-state index in [1.807, 2.05) is 0 Å². The van der Waals surface area contributed by atoms with E-state index in [-0.39, 0.29) is 10.6 Å². The van der Waals surface area contributed by atoms with E-state index in [0.717, 1.165) is 6.07 Å². The van der Waals surface area contributed by atoms with Gasteiger partial charge in [0.25, 0.3) is 5.69 Å². The Morgan fingerprint density at radius 2 is 1.85 bits per heavy atom. The highest BCUT2D eigenvalue weighted by atomic mass is 32.2. The second-order valence-corrected chi connectivity index (χ2v) is 6.01. The maximum absolute atomic E-state index is 12.2. The van der Waals surface area contributed by atoms with E-state index in [1.165, 1.54) is 13.0 Å². The van der Waals surface area contributed by atoms with E-state index < -0.39 is 34.2 Å². The van der Waals surface area contributed by atoms with Crippen LogP contribution >= 0.6 is 0 Å². The van der Waals surface area contributed by atoms with Crippen LogP contribution in [0.15, 0.2) is 17.0 Å². The zero-order valence-electron chi connectivity index (χ0n) is 11.0. The smallest absolute Gasteiger partial charge is 0.271 e. The van der Waals surface area contributed by atoms with Crippen molar-refractivity contribution in [2.24, 2.45) is 0 Å². The molecule has 0 atom stereocenters. The minimum absolute atomic E-state index is 0.240. The fourth-order valence-corrected chi connectivity index (χ4v) is 3.16. The molecule has 0 unspecified atom stereocenters. The predicted molar refractivity (Wildman–Crippen MR) is 70.9 cm³/mol. The van der Waals surface area contributed by atoms with Crippen molar-refractivity contribution in [3.63, 3.8) is 0 Å². The molecule has 0 amide bonds. The first-order chi connectivity index (χ1) is 9.22. The predicted octanol–water partition coefficient (Wildman–Crippen LogP) is -0.157. The number of nitro groups is 1. The molecule has 9 heteroatoms. The van der Waals surface area contributed by atoms with E-state index >= 15 is 0 Å². The maximum Gasteiger partial charge on any atom is 0.271 e. The molecule has 3 N–H and O–H groups in total. The Balaban J connectivity index is 3.34. The number of nitro benzene ring substituents is 1. The summed E-state index contributed by atoms with van der Waals surface area (Å²) in [5.41, 5.74) is 0.500. The van der Waals surface area contributed by atoms with E-state index in [9.17, 15) is 18.5 Å². The van der Waals surface area contributed by atoms with Crippen LogP contribution in [-0.4, -0.2) is 42.8 Å². The summed E-state index contributed by atoms with van der Waals surface area (Å²) in [5.74, 6) is 0. The van der Waals surface area contributed by atoms with Crippen LogP contribution in [0.25, 0.3) is 0 Å². The van der Waals surface area contributed by atoms with Gasteiger partial charge in [0.05, 0.1) is 29.1 Å². The number of sulfonamides is 1. The normalized spacial score (nSPS) is 11.8. The second-order valence-electron chi connectivity index (χ2n) is 4.33. The van der Waals surface area contributed by atoms with Crippen molar-refractivity contribution in [2.75, 3.05) is 13.2 Å². The number of hydrogen-bond donors (Lipinski definition) is 3. The lowest BCUT2D eigenvalue weighted by molar-refractivity contribution is -0.385. The SMILES string of the molecule is Cc1cc([N+](=O)[O-])cc(S(=O)(=O)NC(CO)CO)c1C. The molecule has 8 nitrogen and oxygen atoms in total. The van der Waals surface area contributed by atoms with Gasteiger partial charge in [0.1, 0.15) is 0 Å². The number of benzene rings is 1. The molecule has 1 aromatic carbocycles. The molecule has 0 bridgehead atoms. The van der Waals surface area contributed by atoms with Crippen molar-refractivity contribution in [1.82, 2.24) is 4.72 Å². The Labute approximate surface area is 116 Å². The summed E-state index contributed by atoms with van der Waals surface area (Å²) in [7, 11) is -4.07. The largest absolute Gasteiger partial charge is 0.395 e. The van der Waals surface area contributed by atoms with Crippen LogP contribution in [0.5, 0.6) is 0 Å². The van der Waals surface area contributed by atoms with Gasteiger partial charge in [0.2, 0.25) is 10.0 Å². The quantitative estimate of drug-likeness (QED) is 0.494. The van der Waals surface area contributed by atoms with Crippen LogP contribution < -0.4 is 4.72 Å². The molecule has 1 rings (SSSR count). The monoisotopic (exact) mass is 304 g/mol. The summed E-state index contributed by atoms with van der Waals surface area (Å²) >= 11 is 0. The van der Waals surface area contributed by atoms with Crippen LogP contribution in [0, 0.1) is 24.0 Å². The first kappa shape index (κ1) is 16.5. The molecule has 0 aromatic heterocycles. The molecule has 0 fully saturated rings. The van der Waals surface area contributed by atoms with Crippen molar-refractivity contribution >= 4 is 15.7 Å². The minimum Gasteiger partial charge on any atom is -0.395 e. The van der Waals surface area contributed by atoms with Crippen LogP contribution in [0.2, 0.25) is 0 Å². The molecule has 1 aromatic rings. The second kappa shape index (κ2) is 6.27. The molecule has 112 valence electrons. The number of aliphatic hydroxyl groups is 2. The number of non-ortho nitro benzene ring substituents is 1. The molecule has 0 saturated heterocycles. The molecule has 20 heavy (non-hydrogen) atoms. The first-order valence-electron chi connectivity index (χ1n) is 5.72. The lowest BCUT2D eigenvalue weighted by atomic mass is 10.1. The van der Waals surface area contributed by atoms with E-state index in [0.29, 0.717) is 11.1 Å². The van der Waals surface area contributed by atoms with Crippen LogP contribution in [-0.2, 0) is 10.0 Å². The first-order valence-corrected chi connectivity index (χ1v) is 7.21. The Morgan fingerprint density at radius 1 is 1.30 bits per heavy atom. The molecule has 0 heterocycles. The van der Waals surface area contributed by atoms with Gasteiger partial charge in [-0.3, -0.25) is 10.1 Å². The van der Waals surface area contributed by atoms with Gasteiger partial charge in [-0.15, -0.1) is 0 Å². The molecule has 0 aliphatic heterocycles. The minimum atomic E-state index is -4.07. The van der Waals surface area contributed by atoms with Gasteiger partial charge in [-0.05, 0) is 25.0 Å². The molecule has 0 spiro atoms. The number of nitrogens with one attached hydrogen (secondary N) is 1. The van der Waals surface area contributed by atoms with Crippen molar-refractivity contribution in [3.05, 3.63) is 33.4 Å². The van der Waals surface area contributed by atoms with Gasteiger partial charge >= 0.3 is 0 Å². The molecule has 0 saturated carbocycles. The van der Waals surface area contributed by atoms with Crippen LogP contribution in [0.1, 0.15) is 11.1 Å². The maximum atomic E-state index is 12.2. The fraction of sp³-hybridized carbons (Fsp3) is 0.455. The van der Waals surface area contributed by atoms with Crippen molar-refractivity contribution in [2.45, 2.75) is 24.8 Å². The van der Waals surface area contributed by atoms with Crippen molar-refractivity contribution in [1.29, 1.82) is 0 Å². The number of nitrogens with zero attached hydrogens (tertiary/aromatic N) is 1. The highest BCUT2D eigenvalue weighted by Gasteiger charge is 2.24. The highest BCUT2D eigenvalue weighted by molar-refractivity contribution is 7.89. The average Bonchev–Trinajstić information content (AvgIpc) is 2.38. The van der Waals surface area contributed by atoms with Gasteiger partial charge in [-0.25, -0.2) is 13.1 Å². The third kappa shape index (κ3) is 3.51. The van der Waals surface area contributed by atoms with Gasteiger partial charge in [0.15, 0.2) is 0 Å². The lowest BCUT2D eigenvalue weighted by Gasteiger charge is -2.15. The summed E-state index contributed by atoms with van der Waals surface area (Å²) in [4.78, 5) is 9.87. The zero-order chi connectivity index (χ0) is 15.5. The Morgan fingerprint density at radius 3 is 2.30 bits per heavy atom.